The topological polar surface area (TPSA) is 148 Å². The second-order valence-corrected chi connectivity index (χ2v) is 7.67. The van der Waals surface area contributed by atoms with Crippen LogP contribution in [0.3, 0.4) is 0 Å². The molecule has 0 spiro atoms. The molecule has 0 bridgehead atoms. The van der Waals surface area contributed by atoms with Crippen LogP contribution in [-0.2, 0) is 20.8 Å². The predicted molar refractivity (Wildman–Crippen MR) is 112 cm³/mol. The molecule has 0 fully saturated rings. The Morgan fingerprint density at radius 2 is 1.62 bits per heavy atom. The molecule has 1 aromatic rings. The maximum absolute atomic E-state index is 12.8. The fraction of sp³-hybridized carbons (Fsp3) is 0.571. The molecule has 0 aliphatic rings. The lowest BCUT2D eigenvalue weighted by Gasteiger charge is -2.24. The van der Waals surface area contributed by atoms with Gasteiger partial charge in [-0.15, -0.1) is 0 Å². The minimum Gasteiger partial charge on any atom is -0.480 e. The molecule has 0 saturated carbocycles. The van der Waals surface area contributed by atoms with Gasteiger partial charge < -0.3 is 27.2 Å². The summed E-state index contributed by atoms with van der Waals surface area (Å²) in [6.07, 6.45) is 2.51. The maximum Gasteiger partial charge on any atom is 0.326 e. The van der Waals surface area contributed by atoms with Crippen molar-refractivity contribution in [1.82, 2.24) is 10.6 Å². The highest BCUT2D eigenvalue weighted by Gasteiger charge is 2.28. The van der Waals surface area contributed by atoms with Crippen LogP contribution >= 0.6 is 0 Å². The van der Waals surface area contributed by atoms with Crippen molar-refractivity contribution in [3.05, 3.63) is 35.9 Å². The first kappa shape index (κ1) is 24.6. The zero-order valence-corrected chi connectivity index (χ0v) is 17.3. The third-order valence-corrected chi connectivity index (χ3v) is 4.54. The van der Waals surface area contributed by atoms with Gasteiger partial charge in [0.1, 0.15) is 12.1 Å². The molecule has 0 aliphatic carbocycles. The summed E-state index contributed by atoms with van der Waals surface area (Å²) >= 11 is 0. The minimum absolute atomic E-state index is 0.122. The van der Waals surface area contributed by atoms with Crippen LogP contribution in [0.4, 0.5) is 0 Å². The summed E-state index contributed by atoms with van der Waals surface area (Å²) in [6.45, 7) is 4.38. The number of aliphatic carboxylic acids is 1. The monoisotopic (exact) mass is 406 g/mol. The van der Waals surface area contributed by atoms with Crippen molar-refractivity contribution >= 4 is 17.8 Å². The van der Waals surface area contributed by atoms with E-state index in [0.29, 0.717) is 19.4 Å². The normalized spacial score (nSPS) is 14.1. The minimum atomic E-state index is -1.13. The summed E-state index contributed by atoms with van der Waals surface area (Å²) in [4.78, 5) is 36.8. The van der Waals surface area contributed by atoms with E-state index in [0.717, 1.165) is 18.4 Å². The molecule has 7 N–H and O–H groups in total. The van der Waals surface area contributed by atoms with Crippen LogP contribution in [0.1, 0.15) is 45.1 Å². The number of rotatable bonds is 13. The van der Waals surface area contributed by atoms with E-state index in [1.807, 2.05) is 32.0 Å². The molecule has 0 radical (unpaired) electrons. The Kier molecular flexibility index (Phi) is 10.9. The van der Waals surface area contributed by atoms with Crippen molar-refractivity contribution in [2.24, 2.45) is 17.4 Å². The second-order valence-electron chi connectivity index (χ2n) is 7.67. The van der Waals surface area contributed by atoms with Gasteiger partial charge in [-0.25, -0.2) is 4.79 Å². The third-order valence-electron chi connectivity index (χ3n) is 4.54. The van der Waals surface area contributed by atoms with Gasteiger partial charge in [0.2, 0.25) is 11.8 Å². The standard InChI is InChI=1S/C21H34N4O4/c1-14(2)12-17(24-19(26)16(23)10-6-7-11-22)20(27)25-18(21(28)29)13-15-8-4-3-5-9-15/h3-5,8-9,14,16-18H,6-7,10-13,22-23H2,1-2H3,(H,24,26)(H,25,27)(H,28,29)/t16-,17-,18-/m0/s1. The van der Waals surface area contributed by atoms with Gasteiger partial charge in [-0.05, 0) is 37.3 Å². The lowest BCUT2D eigenvalue weighted by atomic mass is 10.0. The molecule has 1 rings (SSSR count). The number of unbranched alkanes of at least 4 members (excludes halogenated alkanes) is 1. The van der Waals surface area contributed by atoms with E-state index in [1.165, 1.54) is 0 Å². The van der Waals surface area contributed by atoms with Gasteiger partial charge in [-0.3, -0.25) is 9.59 Å². The number of carboxylic acids is 1. The van der Waals surface area contributed by atoms with Gasteiger partial charge in [0.15, 0.2) is 0 Å². The van der Waals surface area contributed by atoms with Crippen molar-refractivity contribution in [3.63, 3.8) is 0 Å². The van der Waals surface area contributed by atoms with Gasteiger partial charge in [0, 0.05) is 6.42 Å². The number of carbonyl (C=O) groups excluding carboxylic acids is 2. The summed E-state index contributed by atoms with van der Waals surface area (Å²) in [5.41, 5.74) is 12.2. The average molecular weight is 407 g/mol. The van der Waals surface area contributed by atoms with Crippen LogP contribution in [0.5, 0.6) is 0 Å². The van der Waals surface area contributed by atoms with Gasteiger partial charge >= 0.3 is 5.97 Å². The largest absolute Gasteiger partial charge is 0.480 e. The van der Waals surface area contributed by atoms with Crippen molar-refractivity contribution in [2.45, 2.75) is 64.1 Å². The summed E-state index contributed by atoms with van der Waals surface area (Å²) in [6, 6.07) is 6.39. The molecule has 162 valence electrons. The molecule has 8 heteroatoms. The van der Waals surface area contributed by atoms with E-state index < -0.39 is 35.9 Å². The number of nitrogens with two attached hydrogens (primary N) is 2. The molecule has 0 unspecified atom stereocenters. The fourth-order valence-electron chi connectivity index (χ4n) is 2.94. The van der Waals surface area contributed by atoms with Crippen LogP contribution in [0, 0.1) is 5.92 Å². The SMILES string of the molecule is CC(C)C[C@H](NC(=O)[C@@H](N)CCCCN)C(=O)N[C@@H](Cc1ccccc1)C(=O)O. The molecular formula is C21H34N4O4. The van der Waals surface area contributed by atoms with Crippen molar-refractivity contribution in [2.75, 3.05) is 6.54 Å². The molecule has 3 atom stereocenters. The van der Waals surface area contributed by atoms with E-state index in [-0.39, 0.29) is 12.3 Å². The third kappa shape index (κ3) is 9.54. The van der Waals surface area contributed by atoms with Crippen LogP contribution in [-0.4, -0.2) is 47.6 Å². The fourth-order valence-corrected chi connectivity index (χ4v) is 2.94. The molecule has 0 aromatic heterocycles. The molecule has 29 heavy (non-hydrogen) atoms. The highest BCUT2D eigenvalue weighted by atomic mass is 16.4. The van der Waals surface area contributed by atoms with Crippen molar-refractivity contribution in [3.8, 4) is 0 Å². The molecule has 1 aromatic carbocycles. The van der Waals surface area contributed by atoms with E-state index in [1.54, 1.807) is 12.1 Å². The van der Waals surface area contributed by atoms with Crippen molar-refractivity contribution in [1.29, 1.82) is 0 Å². The Hall–Kier alpha value is -2.45. The van der Waals surface area contributed by atoms with E-state index in [9.17, 15) is 19.5 Å². The Bertz CT molecular complexity index is 651. The quantitative estimate of drug-likeness (QED) is 0.306. The molecule has 0 aliphatic heterocycles. The lowest BCUT2D eigenvalue weighted by Crippen LogP contribution is -2.55. The number of nitrogens with one attached hydrogen (secondary N) is 2. The highest BCUT2D eigenvalue weighted by molar-refractivity contribution is 5.91. The Labute approximate surface area is 172 Å². The Balaban J connectivity index is 2.77. The molecule has 0 saturated heterocycles. The summed E-state index contributed by atoms with van der Waals surface area (Å²) in [5.74, 6) is -1.95. The number of hydrogen-bond acceptors (Lipinski definition) is 5. The summed E-state index contributed by atoms with van der Waals surface area (Å²) < 4.78 is 0. The van der Waals surface area contributed by atoms with Gasteiger partial charge in [-0.1, -0.05) is 50.6 Å². The average Bonchev–Trinajstić information content (AvgIpc) is 2.67. The van der Waals surface area contributed by atoms with Crippen molar-refractivity contribution < 1.29 is 19.5 Å². The zero-order valence-electron chi connectivity index (χ0n) is 17.3. The first-order valence-electron chi connectivity index (χ1n) is 10.1. The van der Waals surface area contributed by atoms with Crippen LogP contribution in [0.15, 0.2) is 30.3 Å². The van der Waals surface area contributed by atoms with Crippen LogP contribution in [0.25, 0.3) is 0 Å². The number of carbonyl (C=O) groups is 3. The van der Waals surface area contributed by atoms with Gasteiger partial charge in [0.25, 0.3) is 0 Å². The molecular weight excluding hydrogens is 372 g/mol. The zero-order chi connectivity index (χ0) is 21.8. The summed E-state index contributed by atoms with van der Waals surface area (Å²) in [5, 5.41) is 14.7. The smallest absolute Gasteiger partial charge is 0.326 e. The Morgan fingerprint density at radius 3 is 2.17 bits per heavy atom. The second kappa shape index (κ2) is 12.9. The Morgan fingerprint density at radius 1 is 1.00 bits per heavy atom. The van der Waals surface area contributed by atoms with E-state index >= 15 is 0 Å². The van der Waals surface area contributed by atoms with Gasteiger partial charge in [0.05, 0.1) is 6.04 Å². The lowest BCUT2D eigenvalue weighted by molar-refractivity contribution is -0.142. The molecule has 0 heterocycles. The van der Waals surface area contributed by atoms with E-state index in [4.69, 9.17) is 11.5 Å². The first-order chi connectivity index (χ1) is 13.7. The summed E-state index contributed by atoms with van der Waals surface area (Å²) in [7, 11) is 0. The van der Waals surface area contributed by atoms with Crippen LogP contribution in [0.2, 0.25) is 0 Å². The maximum atomic E-state index is 12.8. The number of amides is 2. The molecule has 8 nitrogen and oxygen atoms in total. The number of benzene rings is 1. The van der Waals surface area contributed by atoms with Crippen LogP contribution < -0.4 is 22.1 Å². The predicted octanol–water partition coefficient (Wildman–Crippen LogP) is 0.786. The first-order valence-corrected chi connectivity index (χ1v) is 10.1. The number of hydrogen-bond donors (Lipinski definition) is 5. The van der Waals surface area contributed by atoms with E-state index in [2.05, 4.69) is 10.6 Å². The number of carboxylic acid groups (broad SMARTS) is 1. The van der Waals surface area contributed by atoms with Gasteiger partial charge in [-0.2, -0.15) is 0 Å². The molecule has 2 amide bonds. The highest BCUT2D eigenvalue weighted by Crippen LogP contribution is 2.09.